The van der Waals surface area contributed by atoms with Gasteiger partial charge < -0.3 is 25.3 Å². The Hall–Kier alpha value is -3.44. The van der Waals surface area contributed by atoms with Gasteiger partial charge >= 0.3 is 6.18 Å². The van der Waals surface area contributed by atoms with E-state index < -0.39 is 18.9 Å². The number of benzene rings is 2. The molecular weight excluding hydrogens is 554 g/mol. The van der Waals surface area contributed by atoms with Gasteiger partial charge in [0, 0.05) is 30.5 Å². The molecule has 42 heavy (non-hydrogen) atoms. The largest absolute Gasteiger partial charge is 0.497 e. The topological polar surface area (TPSA) is 95.2 Å². The Morgan fingerprint density at radius 3 is 2.57 bits per heavy atom. The smallest absolute Gasteiger partial charge is 0.416 e. The van der Waals surface area contributed by atoms with E-state index in [2.05, 4.69) is 5.32 Å². The zero-order valence-electron chi connectivity index (χ0n) is 23.6. The van der Waals surface area contributed by atoms with Crippen LogP contribution in [-0.2, 0) is 27.3 Å². The molecule has 0 bridgehead atoms. The van der Waals surface area contributed by atoms with Crippen LogP contribution in [0.3, 0.4) is 0 Å². The number of nitrogens with two attached hydrogens (primary N) is 1. The summed E-state index contributed by atoms with van der Waals surface area (Å²) in [6.07, 6.45) is -2.36. The first-order valence-electron chi connectivity index (χ1n) is 14.1. The first kappa shape index (κ1) is 31.5. The van der Waals surface area contributed by atoms with E-state index in [1.165, 1.54) is 19.2 Å². The average molecular weight is 592 g/mol. The molecule has 0 aromatic heterocycles. The van der Waals surface area contributed by atoms with Crippen molar-refractivity contribution in [3.8, 4) is 5.75 Å². The van der Waals surface area contributed by atoms with Crippen molar-refractivity contribution in [3.63, 3.8) is 0 Å². The lowest BCUT2D eigenvalue weighted by Crippen LogP contribution is -2.37. The van der Waals surface area contributed by atoms with Crippen LogP contribution in [0.4, 0.5) is 23.2 Å². The second kappa shape index (κ2) is 14.6. The molecule has 0 spiro atoms. The van der Waals surface area contributed by atoms with Gasteiger partial charge in [0.25, 0.3) is 0 Å². The highest BCUT2D eigenvalue weighted by Crippen LogP contribution is 2.42. The standard InChI is InChI=1S/C31H37F4N3O4/c1-40-25-8-2-20(3-9-25)17-41-18-28(31(33,34)35)42-15-13-22(12-14-37-19-39)30(36)29(21-4-5-21)27-10-6-23-16-24(32)7-11-26(23)38-27/h2-3,7-9,11,16,19,21-22,28H,4-6,10,12-15,17-18,36H2,1H3,(H,37,39)/b30-29-. The molecule has 1 heterocycles. The molecule has 1 fully saturated rings. The fourth-order valence-electron chi connectivity index (χ4n) is 5.11. The number of hydrogen-bond donors (Lipinski definition) is 2. The first-order chi connectivity index (χ1) is 20.2. The molecule has 1 aliphatic heterocycles. The Morgan fingerprint density at radius 1 is 1.14 bits per heavy atom. The second-order valence-electron chi connectivity index (χ2n) is 10.6. The SMILES string of the molecule is COc1ccc(COCC(OCCC(CCNC=O)/C(N)=C(/C2=Nc3ccc(F)cc3CC2)C2CC2)C(F)(F)F)cc1. The summed E-state index contributed by atoms with van der Waals surface area (Å²) in [5, 5.41) is 2.62. The summed E-state index contributed by atoms with van der Waals surface area (Å²) in [5.74, 6) is 0.222. The molecule has 7 nitrogen and oxygen atoms in total. The van der Waals surface area contributed by atoms with Gasteiger partial charge in [-0.25, -0.2) is 4.39 Å². The van der Waals surface area contributed by atoms with E-state index >= 15 is 0 Å². The number of rotatable bonds is 16. The maximum Gasteiger partial charge on any atom is 0.416 e. The molecule has 1 amide bonds. The number of hydrogen-bond acceptors (Lipinski definition) is 6. The van der Waals surface area contributed by atoms with E-state index in [0.29, 0.717) is 54.9 Å². The number of halogens is 4. The van der Waals surface area contributed by atoms with Crippen LogP contribution in [0.5, 0.6) is 5.75 Å². The monoisotopic (exact) mass is 591 g/mol. The van der Waals surface area contributed by atoms with E-state index in [9.17, 15) is 22.4 Å². The number of amides is 1. The van der Waals surface area contributed by atoms with Gasteiger partial charge in [-0.05, 0) is 91.5 Å². The maximum atomic E-state index is 13.8. The van der Waals surface area contributed by atoms with E-state index in [-0.39, 0.29) is 37.3 Å². The first-order valence-corrected chi connectivity index (χ1v) is 14.1. The lowest BCUT2D eigenvalue weighted by Gasteiger charge is -2.26. The summed E-state index contributed by atoms with van der Waals surface area (Å²) in [6.45, 7) is -0.537. The number of aliphatic imine (C=N–C) groups is 1. The van der Waals surface area contributed by atoms with Crippen LogP contribution in [0.15, 0.2) is 58.7 Å². The van der Waals surface area contributed by atoms with Gasteiger partial charge in [0.1, 0.15) is 11.6 Å². The number of methoxy groups -OCH3 is 1. The van der Waals surface area contributed by atoms with Crippen molar-refractivity contribution >= 4 is 17.8 Å². The summed E-state index contributed by atoms with van der Waals surface area (Å²) in [7, 11) is 1.53. The molecular formula is C31H37F4N3O4. The molecule has 11 heteroatoms. The van der Waals surface area contributed by atoms with Gasteiger partial charge in [-0.3, -0.25) is 9.79 Å². The zero-order chi connectivity index (χ0) is 30.1. The number of nitrogens with one attached hydrogen (secondary N) is 1. The lowest BCUT2D eigenvalue weighted by atomic mass is 9.87. The molecule has 1 aliphatic carbocycles. The summed E-state index contributed by atoms with van der Waals surface area (Å²) in [6, 6.07) is 11.4. The van der Waals surface area contributed by atoms with Crippen LogP contribution in [0, 0.1) is 17.7 Å². The number of carbonyl (C=O) groups is 1. The number of aryl methyl sites for hydroxylation is 1. The molecule has 2 aromatic rings. The van der Waals surface area contributed by atoms with E-state index in [1.54, 1.807) is 30.3 Å². The van der Waals surface area contributed by atoms with Crippen LogP contribution >= 0.6 is 0 Å². The molecule has 2 aromatic carbocycles. The predicted octanol–water partition coefficient (Wildman–Crippen LogP) is 5.78. The molecule has 3 N–H and O–H groups in total. The van der Waals surface area contributed by atoms with Crippen LogP contribution < -0.4 is 15.8 Å². The third-order valence-corrected chi connectivity index (χ3v) is 7.54. The van der Waals surface area contributed by atoms with Crippen molar-refractivity contribution < 1.29 is 36.6 Å². The Kier molecular flexibility index (Phi) is 11.0. The van der Waals surface area contributed by atoms with Gasteiger partial charge in [0.05, 0.1) is 26.0 Å². The molecule has 1 saturated carbocycles. The highest BCUT2D eigenvalue weighted by molar-refractivity contribution is 6.04. The van der Waals surface area contributed by atoms with Crippen LogP contribution in [0.1, 0.15) is 43.2 Å². The van der Waals surface area contributed by atoms with Crippen molar-refractivity contribution in [1.82, 2.24) is 5.32 Å². The number of ether oxygens (including phenoxy) is 3. The molecule has 0 saturated heterocycles. The fraction of sp³-hybridized carbons (Fsp3) is 0.484. The summed E-state index contributed by atoms with van der Waals surface area (Å²) in [5.41, 5.74) is 11.3. The second-order valence-corrected chi connectivity index (χ2v) is 10.6. The van der Waals surface area contributed by atoms with Gasteiger partial charge in [-0.15, -0.1) is 0 Å². The van der Waals surface area contributed by atoms with Gasteiger partial charge in [-0.1, -0.05) is 12.1 Å². The molecule has 0 radical (unpaired) electrons. The Balaban J connectivity index is 1.44. The maximum absolute atomic E-state index is 13.8. The van der Waals surface area contributed by atoms with E-state index in [1.807, 2.05) is 0 Å². The normalized spacial score (nSPS) is 17.0. The zero-order valence-corrected chi connectivity index (χ0v) is 23.6. The lowest BCUT2D eigenvalue weighted by molar-refractivity contribution is -0.235. The fourth-order valence-corrected chi connectivity index (χ4v) is 5.11. The minimum absolute atomic E-state index is 0.00175. The van der Waals surface area contributed by atoms with Crippen LogP contribution in [-0.4, -0.2) is 51.3 Å². The highest BCUT2D eigenvalue weighted by atomic mass is 19.4. The van der Waals surface area contributed by atoms with Crippen molar-refractivity contribution in [2.75, 3.05) is 26.9 Å². The number of allylic oxidation sites excluding steroid dienone is 2. The summed E-state index contributed by atoms with van der Waals surface area (Å²) < 4.78 is 70.7. The molecule has 2 aliphatic rings. The third kappa shape index (κ3) is 8.78. The molecule has 2 atom stereocenters. The quantitative estimate of drug-likeness (QED) is 0.147. The summed E-state index contributed by atoms with van der Waals surface area (Å²) in [4.78, 5) is 15.7. The Labute approximate surface area is 243 Å². The van der Waals surface area contributed by atoms with Crippen molar-refractivity contribution in [3.05, 3.63) is 70.7 Å². The Bertz CT molecular complexity index is 1260. The molecule has 4 rings (SSSR count). The van der Waals surface area contributed by atoms with Crippen LogP contribution in [0.2, 0.25) is 0 Å². The highest BCUT2D eigenvalue weighted by Gasteiger charge is 2.41. The molecule has 2 unspecified atom stereocenters. The predicted molar refractivity (Wildman–Crippen MR) is 151 cm³/mol. The third-order valence-electron chi connectivity index (χ3n) is 7.54. The van der Waals surface area contributed by atoms with E-state index in [0.717, 1.165) is 29.7 Å². The number of fused-ring (bicyclic) bond motifs is 1. The number of nitrogens with zero attached hydrogens (tertiary/aromatic N) is 1. The van der Waals surface area contributed by atoms with Gasteiger partial charge in [0.2, 0.25) is 6.41 Å². The number of alkyl halides is 3. The Morgan fingerprint density at radius 2 is 1.90 bits per heavy atom. The minimum atomic E-state index is -4.61. The van der Waals surface area contributed by atoms with Gasteiger partial charge in [-0.2, -0.15) is 13.2 Å². The minimum Gasteiger partial charge on any atom is -0.497 e. The van der Waals surface area contributed by atoms with Crippen molar-refractivity contribution in [1.29, 1.82) is 0 Å². The van der Waals surface area contributed by atoms with E-state index in [4.69, 9.17) is 24.9 Å². The van der Waals surface area contributed by atoms with Gasteiger partial charge in [0.15, 0.2) is 6.10 Å². The van der Waals surface area contributed by atoms with Crippen LogP contribution in [0.25, 0.3) is 0 Å². The summed E-state index contributed by atoms with van der Waals surface area (Å²) >= 11 is 0. The van der Waals surface area contributed by atoms with Crippen molar-refractivity contribution in [2.24, 2.45) is 22.6 Å². The van der Waals surface area contributed by atoms with Crippen molar-refractivity contribution in [2.45, 2.75) is 57.4 Å². The average Bonchev–Trinajstić information content (AvgIpc) is 3.80. The molecule has 228 valence electrons. The number of carbonyl (C=O) groups excluding carboxylic acids is 1.